The van der Waals surface area contributed by atoms with Crippen molar-refractivity contribution in [3.8, 4) is 0 Å². The number of hydrogen-bond donors (Lipinski definition) is 0. The first-order chi connectivity index (χ1) is 5.54. The maximum absolute atomic E-state index is 11.0. The molecule has 0 bridgehead atoms. The molecule has 1 aromatic rings. The van der Waals surface area contributed by atoms with Crippen LogP contribution in [0.15, 0.2) is 17.3 Å². The monoisotopic (exact) mass is 206 g/mol. The number of aromatic nitrogens is 2. The highest BCUT2D eigenvalue weighted by Crippen LogP contribution is 2.04. The van der Waals surface area contributed by atoms with Crippen molar-refractivity contribution < 1.29 is 8.42 Å². The molecule has 0 spiro atoms. The highest BCUT2D eigenvalue weighted by molar-refractivity contribution is 7.90. The van der Waals surface area contributed by atoms with Crippen molar-refractivity contribution in [1.82, 2.24) is 9.97 Å². The maximum atomic E-state index is 11.0. The minimum atomic E-state index is -3.25. The van der Waals surface area contributed by atoms with Crippen LogP contribution >= 0.6 is 11.6 Å². The lowest BCUT2D eigenvalue weighted by atomic mass is 10.6. The minimum absolute atomic E-state index is 0.00755. The van der Waals surface area contributed by atoms with Crippen molar-refractivity contribution in [2.24, 2.45) is 0 Å². The molecule has 1 heterocycles. The summed E-state index contributed by atoms with van der Waals surface area (Å²) in [6, 6.07) is 1.34. The summed E-state index contributed by atoms with van der Waals surface area (Å²) in [5, 5.41) is 0.00755. The van der Waals surface area contributed by atoms with Crippen LogP contribution in [-0.2, 0) is 15.7 Å². The largest absolute Gasteiger partial charge is 0.240 e. The Labute approximate surface area is 75.5 Å². The van der Waals surface area contributed by atoms with Gasteiger partial charge in [0.15, 0.2) is 14.9 Å². The fraction of sp³-hybridized carbons (Fsp3) is 0.333. The van der Waals surface area contributed by atoms with E-state index in [1.807, 2.05) is 0 Å². The molecule has 0 aliphatic carbocycles. The van der Waals surface area contributed by atoms with Crippen LogP contribution in [0.2, 0.25) is 0 Å². The highest BCUT2D eigenvalue weighted by atomic mass is 35.5. The van der Waals surface area contributed by atoms with Gasteiger partial charge < -0.3 is 0 Å². The van der Waals surface area contributed by atoms with Gasteiger partial charge in [-0.2, -0.15) is 0 Å². The molecular weight excluding hydrogens is 200 g/mol. The first-order valence-electron chi connectivity index (χ1n) is 3.12. The molecule has 4 nitrogen and oxygen atoms in total. The standard InChI is InChI=1S/C6H7ClN2O2S/c1-12(10,11)6-2-3-8-5(4-7)9-6/h2-3H,4H2,1H3. The molecule has 1 aromatic heterocycles. The average Bonchev–Trinajstić information content (AvgIpc) is 2.03. The van der Waals surface area contributed by atoms with Crippen LogP contribution in [0, 0.1) is 0 Å². The van der Waals surface area contributed by atoms with E-state index in [4.69, 9.17) is 11.6 Å². The van der Waals surface area contributed by atoms with Gasteiger partial charge in [-0.1, -0.05) is 0 Å². The molecule has 66 valence electrons. The molecule has 0 atom stereocenters. The lowest BCUT2D eigenvalue weighted by Crippen LogP contribution is -2.03. The molecule has 12 heavy (non-hydrogen) atoms. The highest BCUT2D eigenvalue weighted by Gasteiger charge is 2.08. The van der Waals surface area contributed by atoms with E-state index in [1.165, 1.54) is 12.3 Å². The topological polar surface area (TPSA) is 59.9 Å². The summed E-state index contributed by atoms with van der Waals surface area (Å²) >= 11 is 5.43. The van der Waals surface area contributed by atoms with E-state index in [0.717, 1.165) is 6.26 Å². The van der Waals surface area contributed by atoms with E-state index in [9.17, 15) is 8.42 Å². The van der Waals surface area contributed by atoms with E-state index in [0.29, 0.717) is 5.82 Å². The number of sulfone groups is 1. The van der Waals surface area contributed by atoms with Gasteiger partial charge in [-0.05, 0) is 6.07 Å². The quantitative estimate of drug-likeness (QED) is 0.526. The summed E-state index contributed by atoms with van der Waals surface area (Å²) in [6.07, 6.45) is 2.47. The van der Waals surface area contributed by atoms with Crippen LogP contribution in [0.1, 0.15) is 5.82 Å². The number of hydrogen-bond acceptors (Lipinski definition) is 4. The van der Waals surface area contributed by atoms with Gasteiger partial charge in [0, 0.05) is 12.5 Å². The number of alkyl halides is 1. The molecule has 0 saturated carbocycles. The van der Waals surface area contributed by atoms with Crippen molar-refractivity contribution in [2.45, 2.75) is 10.9 Å². The Kier molecular flexibility index (Phi) is 2.64. The molecule has 0 radical (unpaired) electrons. The van der Waals surface area contributed by atoms with Crippen LogP contribution < -0.4 is 0 Å². The molecule has 0 saturated heterocycles. The fourth-order valence-electron chi connectivity index (χ4n) is 0.651. The van der Waals surface area contributed by atoms with Gasteiger partial charge in [0.1, 0.15) is 5.82 Å². The number of nitrogens with zero attached hydrogens (tertiary/aromatic N) is 2. The lowest BCUT2D eigenvalue weighted by molar-refractivity contribution is 0.597. The van der Waals surface area contributed by atoms with Gasteiger partial charge in [0.05, 0.1) is 5.88 Å². The van der Waals surface area contributed by atoms with Crippen LogP contribution in [0.25, 0.3) is 0 Å². The lowest BCUT2D eigenvalue weighted by Gasteiger charge is -1.97. The molecule has 0 aliphatic rings. The van der Waals surface area contributed by atoms with Gasteiger partial charge in [-0.3, -0.25) is 0 Å². The molecule has 0 N–H and O–H groups in total. The second-order valence-electron chi connectivity index (χ2n) is 2.22. The van der Waals surface area contributed by atoms with Crippen molar-refractivity contribution in [1.29, 1.82) is 0 Å². The van der Waals surface area contributed by atoms with Crippen molar-refractivity contribution in [3.63, 3.8) is 0 Å². The number of halogens is 1. The third-order valence-electron chi connectivity index (χ3n) is 1.18. The Balaban J connectivity index is 3.20. The zero-order valence-electron chi connectivity index (χ0n) is 6.36. The Morgan fingerprint density at radius 2 is 2.25 bits per heavy atom. The normalized spacial score (nSPS) is 11.5. The van der Waals surface area contributed by atoms with Crippen LogP contribution in [0.3, 0.4) is 0 Å². The summed E-state index contributed by atoms with van der Waals surface area (Å²) in [6.45, 7) is 0. The minimum Gasteiger partial charge on any atom is -0.240 e. The Bertz CT molecular complexity index is 377. The molecule has 0 amide bonds. The van der Waals surface area contributed by atoms with E-state index >= 15 is 0 Å². The van der Waals surface area contributed by atoms with Crippen molar-refractivity contribution in [3.05, 3.63) is 18.1 Å². The average molecular weight is 207 g/mol. The fourth-order valence-corrected chi connectivity index (χ4v) is 1.36. The molecule has 0 unspecified atom stereocenters. The predicted octanol–water partition coefficient (Wildman–Crippen LogP) is 0.619. The summed E-state index contributed by atoms with van der Waals surface area (Å²) < 4.78 is 21.9. The van der Waals surface area contributed by atoms with Crippen LogP contribution in [0.4, 0.5) is 0 Å². The van der Waals surface area contributed by atoms with E-state index in [-0.39, 0.29) is 10.9 Å². The first-order valence-corrected chi connectivity index (χ1v) is 5.54. The van der Waals surface area contributed by atoms with E-state index in [1.54, 1.807) is 0 Å². The third-order valence-corrected chi connectivity index (χ3v) is 2.41. The summed E-state index contributed by atoms with van der Waals surface area (Å²) in [7, 11) is -3.25. The summed E-state index contributed by atoms with van der Waals surface area (Å²) in [4.78, 5) is 7.50. The van der Waals surface area contributed by atoms with Crippen molar-refractivity contribution in [2.75, 3.05) is 6.26 Å². The summed E-state index contributed by atoms with van der Waals surface area (Å²) in [5.41, 5.74) is 0. The molecule has 0 aliphatic heterocycles. The van der Waals surface area contributed by atoms with Gasteiger partial charge in [-0.15, -0.1) is 11.6 Å². The summed E-state index contributed by atoms with van der Waals surface area (Å²) in [5.74, 6) is 0.434. The number of rotatable bonds is 2. The van der Waals surface area contributed by atoms with Gasteiger partial charge in [0.2, 0.25) is 0 Å². The van der Waals surface area contributed by atoms with Gasteiger partial charge in [-0.25, -0.2) is 18.4 Å². The molecular formula is C6H7ClN2O2S. The van der Waals surface area contributed by atoms with Gasteiger partial charge >= 0.3 is 0 Å². The van der Waals surface area contributed by atoms with E-state index < -0.39 is 9.84 Å². The second kappa shape index (κ2) is 3.37. The second-order valence-corrected chi connectivity index (χ2v) is 4.45. The SMILES string of the molecule is CS(=O)(=O)c1ccnc(CCl)n1. The van der Waals surface area contributed by atoms with Gasteiger partial charge in [0.25, 0.3) is 0 Å². The van der Waals surface area contributed by atoms with E-state index in [2.05, 4.69) is 9.97 Å². The smallest absolute Gasteiger partial charge is 0.192 e. The third kappa shape index (κ3) is 2.15. The van der Waals surface area contributed by atoms with Crippen LogP contribution in [0.5, 0.6) is 0 Å². The molecule has 0 aromatic carbocycles. The Morgan fingerprint density at radius 1 is 1.58 bits per heavy atom. The molecule has 6 heteroatoms. The Hall–Kier alpha value is -0.680. The maximum Gasteiger partial charge on any atom is 0.192 e. The predicted molar refractivity (Wildman–Crippen MR) is 44.7 cm³/mol. The molecule has 1 rings (SSSR count). The van der Waals surface area contributed by atoms with Crippen molar-refractivity contribution >= 4 is 21.4 Å². The van der Waals surface area contributed by atoms with Crippen LogP contribution in [-0.4, -0.2) is 24.6 Å². The zero-order chi connectivity index (χ0) is 9.19. The Morgan fingerprint density at radius 3 is 2.75 bits per heavy atom. The first kappa shape index (κ1) is 9.41. The zero-order valence-corrected chi connectivity index (χ0v) is 7.93. The molecule has 0 fully saturated rings.